The highest BCUT2D eigenvalue weighted by Gasteiger charge is 2.26. The van der Waals surface area contributed by atoms with Gasteiger partial charge in [0.05, 0.1) is 12.2 Å². The number of benzene rings is 2. The predicted molar refractivity (Wildman–Crippen MR) is 104 cm³/mol. The molecule has 0 radical (unpaired) electrons. The fourth-order valence-electron chi connectivity index (χ4n) is 3.06. The molecule has 4 rings (SSSR count). The fourth-order valence-corrected chi connectivity index (χ4v) is 4.51. The minimum absolute atomic E-state index is 0.0842. The van der Waals surface area contributed by atoms with Gasteiger partial charge in [-0.15, -0.1) is 10.2 Å². The largest absolute Gasteiger partial charge is 0.285 e. The number of hydrogen-bond donors (Lipinski definition) is 0. The molecule has 154 valence electrons. The first kappa shape index (κ1) is 19.9. The molecule has 10 heteroatoms. The lowest BCUT2D eigenvalue weighted by Gasteiger charge is -2.25. The van der Waals surface area contributed by atoms with Crippen molar-refractivity contribution in [3.05, 3.63) is 89.6 Å². The lowest BCUT2D eigenvalue weighted by Crippen LogP contribution is -2.31. The van der Waals surface area contributed by atoms with E-state index in [0.29, 0.717) is 17.5 Å². The molecule has 0 amide bonds. The number of fused-ring (bicyclic) bond motifs is 1. The van der Waals surface area contributed by atoms with Crippen molar-refractivity contribution in [1.29, 1.82) is 0 Å². The summed E-state index contributed by atoms with van der Waals surface area (Å²) in [6, 6.07) is 10.4. The maximum absolute atomic E-state index is 13.7. The van der Waals surface area contributed by atoms with Gasteiger partial charge < -0.3 is 0 Å². The number of sulfonamides is 1. The van der Waals surface area contributed by atoms with Crippen molar-refractivity contribution >= 4 is 21.4 Å². The molecule has 0 aliphatic rings. The normalized spacial score (nSPS) is 11.7. The number of aryl methyl sites for hydroxylation is 1. The van der Waals surface area contributed by atoms with Gasteiger partial charge in [-0.3, -0.25) is 8.71 Å². The molecule has 0 aliphatic carbocycles. The highest BCUT2D eigenvalue weighted by molar-refractivity contribution is 7.92. The van der Waals surface area contributed by atoms with Crippen LogP contribution < -0.4 is 4.31 Å². The van der Waals surface area contributed by atoms with Gasteiger partial charge in [0.2, 0.25) is 0 Å². The second-order valence-electron chi connectivity index (χ2n) is 6.61. The number of pyridine rings is 1. The first-order valence-corrected chi connectivity index (χ1v) is 10.2. The molecular formula is C20H15F3N4O2S. The number of anilines is 1. The van der Waals surface area contributed by atoms with Gasteiger partial charge in [-0.2, -0.15) is 0 Å². The van der Waals surface area contributed by atoms with Crippen LogP contribution in [0.15, 0.2) is 65.7 Å². The summed E-state index contributed by atoms with van der Waals surface area (Å²) in [6.45, 7) is 1.31. The molecule has 6 nitrogen and oxygen atoms in total. The van der Waals surface area contributed by atoms with E-state index in [-0.39, 0.29) is 22.7 Å². The van der Waals surface area contributed by atoms with E-state index in [1.54, 1.807) is 6.92 Å². The van der Waals surface area contributed by atoms with Crippen molar-refractivity contribution in [2.45, 2.75) is 18.4 Å². The molecule has 30 heavy (non-hydrogen) atoms. The third-order valence-corrected chi connectivity index (χ3v) is 6.25. The zero-order valence-corrected chi connectivity index (χ0v) is 16.4. The minimum Gasteiger partial charge on any atom is -0.285 e. The van der Waals surface area contributed by atoms with E-state index >= 15 is 0 Å². The van der Waals surface area contributed by atoms with Crippen LogP contribution in [-0.4, -0.2) is 23.0 Å². The summed E-state index contributed by atoms with van der Waals surface area (Å²) >= 11 is 0. The molecule has 0 fully saturated rings. The van der Waals surface area contributed by atoms with E-state index in [0.717, 1.165) is 28.6 Å². The van der Waals surface area contributed by atoms with Crippen molar-refractivity contribution in [2.24, 2.45) is 0 Å². The predicted octanol–water partition coefficient (Wildman–Crippen LogP) is 3.85. The van der Waals surface area contributed by atoms with Crippen LogP contribution in [0.3, 0.4) is 0 Å². The highest BCUT2D eigenvalue weighted by atomic mass is 32.2. The molecule has 4 aromatic rings. The van der Waals surface area contributed by atoms with Crippen molar-refractivity contribution < 1.29 is 21.6 Å². The van der Waals surface area contributed by atoms with Crippen LogP contribution in [0.5, 0.6) is 0 Å². The monoisotopic (exact) mass is 432 g/mol. The Kier molecular flexibility index (Phi) is 4.94. The van der Waals surface area contributed by atoms with Gasteiger partial charge >= 0.3 is 0 Å². The van der Waals surface area contributed by atoms with Crippen LogP contribution in [0.2, 0.25) is 0 Å². The second-order valence-corrected chi connectivity index (χ2v) is 8.47. The van der Waals surface area contributed by atoms with Gasteiger partial charge in [-0.25, -0.2) is 21.6 Å². The van der Waals surface area contributed by atoms with Crippen molar-refractivity contribution in [2.75, 3.05) is 4.31 Å². The third kappa shape index (κ3) is 3.73. The number of halogens is 3. The van der Waals surface area contributed by atoms with Crippen LogP contribution in [0, 0.1) is 24.4 Å². The summed E-state index contributed by atoms with van der Waals surface area (Å²) in [4.78, 5) is -0.0842. The van der Waals surface area contributed by atoms with Gasteiger partial charge in [-0.05, 0) is 61.0 Å². The molecule has 2 aromatic heterocycles. The summed E-state index contributed by atoms with van der Waals surface area (Å²) in [6.07, 6.45) is 1.36. The zero-order valence-electron chi connectivity index (χ0n) is 15.6. The third-order valence-electron chi connectivity index (χ3n) is 4.50. The Balaban J connectivity index is 1.84. The van der Waals surface area contributed by atoms with E-state index in [2.05, 4.69) is 10.2 Å². The minimum atomic E-state index is -4.19. The SMILES string of the molecule is Cc1nnc2ccc(S(=O)(=O)N(Cc3cc(F)cc(F)c3)c3ccc(F)cc3)cn12. The van der Waals surface area contributed by atoms with Crippen LogP contribution >= 0.6 is 0 Å². The van der Waals surface area contributed by atoms with E-state index in [9.17, 15) is 21.6 Å². The zero-order chi connectivity index (χ0) is 21.5. The topological polar surface area (TPSA) is 67.6 Å². The highest BCUT2D eigenvalue weighted by Crippen LogP contribution is 2.27. The Morgan fingerprint density at radius 2 is 1.57 bits per heavy atom. The van der Waals surface area contributed by atoms with Gasteiger partial charge in [0.1, 0.15) is 28.2 Å². The molecule has 0 aliphatic heterocycles. The van der Waals surface area contributed by atoms with Crippen molar-refractivity contribution in [3.8, 4) is 0 Å². The van der Waals surface area contributed by atoms with Crippen molar-refractivity contribution in [1.82, 2.24) is 14.6 Å². The molecule has 0 bridgehead atoms. The number of aromatic nitrogens is 3. The van der Waals surface area contributed by atoms with Gasteiger partial charge in [-0.1, -0.05) is 0 Å². The molecule has 0 unspecified atom stereocenters. The summed E-state index contributed by atoms with van der Waals surface area (Å²) < 4.78 is 70.1. The molecule has 0 saturated carbocycles. The van der Waals surface area contributed by atoms with Crippen LogP contribution in [0.1, 0.15) is 11.4 Å². The van der Waals surface area contributed by atoms with E-state index in [4.69, 9.17) is 0 Å². The number of nitrogens with zero attached hydrogens (tertiary/aromatic N) is 4. The first-order valence-electron chi connectivity index (χ1n) is 8.79. The Labute approximate surface area is 170 Å². The molecule has 0 N–H and O–H groups in total. The number of hydrogen-bond acceptors (Lipinski definition) is 4. The molecule has 2 heterocycles. The second kappa shape index (κ2) is 7.45. The van der Waals surface area contributed by atoms with E-state index in [1.165, 1.54) is 34.9 Å². The molecule has 2 aromatic carbocycles. The molecule has 0 atom stereocenters. The summed E-state index contributed by atoms with van der Waals surface area (Å²) in [5.41, 5.74) is 0.704. The average molecular weight is 432 g/mol. The Morgan fingerprint density at radius 3 is 2.23 bits per heavy atom. The Hall–Kier alpha value is -3.40. The summed E-state index contributed by atoms with van der Waals surface area (Å²) in [5, 5.41) is 7.82. The quantitative estimate of drug-likeness (QED) is 0.481. The summed E-state index contributed by atoms with van der Waals surface area (Å²) in [7, 11) is -4.19. The van der Waals surface area contributed by atoms with Crippen molar-refractivity contribution in [3.63, 3.8) is 0 Å². The lowest BCUT2D eigenvalue weighted by molar-refractivity contribution is 0.576. The first-order chi connectivity index (χ1) is 14.2. The maximum Gasteiger partial charge on any atom is 0.266 e. The van der Waals surface area contributed by atoms with E-state index < -0.39 is 27.5 Å². The summed E-state index contributed by atoms with van der Waals surface area (Å²) in [5.74, 6) is -1.72. The number of rotatable bonds is 5. The maximum atomic E-state index is 13.7. The van der Waals surface area contributed by atoms with Gasteiger partial charge in [0.25, 0.3) is 10.0 Å². The lowest BCUT2D eigenvalue weighted by atomic mass is 10.2. The molecule has 0 spiro atoms. The van der Waals surface area contributed by atoms with Gasteiger partial charge in [0.15, 0.2) is 5.65 Å². The fraction of sp³-hybridized carbons (Fsp3) is 0.100. The smallest absolute Gasteiger partial charge is 0.266 e. The standard InChI is InChI=1S/C20H15F3N4O2S/c1-13-24-25-20-7-6-19(12-26(13)20)30(28,29)27(18-4-2-15(21)3-5-18)11-14-8-16(22)10-17(23)9-14/h2-10,12H,11H2,1H3. The molecule has 0 saturated heterocycles. The Bertz CT molecular complexity index is 1320. The van der Waals surface area contributed by atoms with Gasteiger partial charge in [0, 0.05) is 12.3 Å². The van der Waals surface area contributed by atoms with Crippen LogP contribution in [-0.2, 0) is 16.6 Å². The average Bonchev–Trinajstić information content (AvgIpc) is 3.06. The molecular weight excluding hydrogens is 417 g/mol. The van der Waals surface area contributed by atoms with E-state index in [1.807, 2.05) is 0 Å². The van der Waals surface area contributed by atoms with Crippen LogP contribution in [0.25, 0.3) is 5.65 Å². The van der Waals surface area contributed by atoms with Crippen LogP contribution in [0.4, 0.5) is 18.9 Å². The Morgan fingerprint density at radius 1 is 0.900 bits per heavy atom.